The first-order chi connectivity index (χ1) is 16.3. The molecule has 12 heteroatoms. The maximum Gasteiger partial charge on any atom is 0.337 e. The predicted octanol–water partition coefficient (Wildman–Crippen LogP) is 1.57. The summed E-state index contributed by atoms with van der Waals surface area (Å²) < 4.78 is 4.41. The molecule has 34 heavy (non-hydrogen) atoms. The van der Waals surface area contributed by atoms with E-state index in [4.69, 9.17) is 16.7 Å². The minimum absolute atomic E-state index is 0.0540. The Bertz CT molecular complexity index is 998. The Morgan fingerprint density at radius 1 is 1.32 bits per heavy atom. The van der Waals surface area contributed by atoms with Crippen LogP contribution < -0.4 is 27.4 Å². The number of aromatic nitrogens is 1. The van der Waals surface area contributed by atoms with E-state index in [1.807, 2.05) is 30.3 Å². The number of rotatable bonds is 6. The molecule has 11 nitrogen and oxygen atoms in total. The smallest absolute Gasteiger partial charge is 0.337 e. The molecule has 2 aromatic rings. The van der Waals surface area contributed by atoms with E-state index in [0.717, 1.165) is 37.9 Å². The SMILES string of the molecule is CCOC(=O)[C@@H](N)C#N.NC(=O)Nc1sc(-c2ccccc2)nc1C(=O)N[C@H]1CCCCNC1. The number of primary amides is 1. The number of nitrogens with one attached hydrogen (secondary N) is 3. The molecule has 1 aromatic carbocycles. The molecule has 3 rings (SSSR count). The lowest BCUT2D eigenvalue weighted by molar-refractivity contribution is -0.143. The van der Waals surface area contributed by atoms with Crippen LogP contribution in [-0.4, -0.2) is 54.7 Å². The largest absolute Gasteiger partial charge is 0.464 e. The molecule has 0 aliphatic carbocycles. The van der Waals surface area contributed by atoms with E-state index < -0.39 is 18.0 Å². The van der Waals surface area contributed by atoms with Gasteiger partial charge in [-0.15, -0.1) is 0 Å². The number of urea groups is 1. The van der Waals surface area contributed by atoms with Crippen LogP contribution in [-0.2, 0) is 9.53 Å². The molecule has 1 aliphatic heterocycles. The molecule has 2 atom stereocenters. The van der Waals surface area contributed by atoms with Crippen LogP contribution in [0, 0.1) is 11.3 Å². The van der Waals surface area contributed by atoms with Gasteiger partial charge in [0.05, 0.1) is 12.7 Å². The van der Waals surface area contributed by atoms with E-state index >= 15 is 0 Å². The maximum atomic E-state index is 12.7. The average Bonchev–Trinajstić information content (AvgIpc) is 3.07. The number of nitrogens with zero attached hydrogens (tertiary/aromatic N) is 2. The Balaban J connectivity index is 0.000000387. The van der Waals surface area contributed by atoms with Gasteiger partial charge in [0.25, 0.3) is 5.91 Å². The van der Waals surface area contributed by atoms with Gasteiger partial charge in [-0.1, -0.05) is 48.1 Å². The van der Waals surface area contributed by atoms with Crippen LogP contribution in [0.5, 0.6) is 0 Å². The fraction of sp³-hybridized carbons (Fsp3) is 0.409. The Kier molecular flexibility index (Phi) is 10.9. The summed E-state index contributed by atoms with van der Waals surface area (Å²) in [5, 5.41) is 17.9. The predicted molar refractivity (Wildman–Crippen MR) is 129 cm³/mol. The normalized spacial score (nSPS) is 16.0. The van der Waals surface area contributed by atoms with Crippen molar-refractivity contribution in [1.82, 2.24) is 15.6 Å². The van der Waals surface area contributed by atoms with E-state index in [-0.39, 0.29) is 24.2 Å². The Morgan fingerprint density at radius 3 is 2.71 bits per heavy atom. The van der Waals surface area contributed by atoms with Crippen molar-refractivity contribution in [3.8, 4) is 16.6 Å². The fourth-order valence-corrected chi connectivity index (χ4v) is 4.03. The molecule has 0 spiro atoms. The van der Waals surface area contributed by atoms with Gasteiger partial charge in [0.2, 0.25) is 0 Å². The molecule has 3 amide bonds. The molecule has 1 aromatic heterocycles. The van der Waals surface area contributed by atoms with E-state index in [1.54, 1.807) is 13.0 Å². The zero-order chi connectivity index (χ0) is 24.9. The van der Waals surface area contributed by atoms with Gasteiger partial charge in [-0.2, -0.15) is 5.26 Å². The van der Waals surface area contributed by atoms with Crippen LogP contribution in [0.1, 0.15) is 36.7 Å². The second-order valence-corrected chi connectivity index (χ2v) is 8.28. The highest BCUT2D eigenvalue weighted by Gasteiger charge is 2.23. The number of benzene rings is 1. The zero-order valence-corrected chi connectivity index (χ0v) is 19.7. The number of nitriles is 1. The van der Waals surface area contributed by atoms with Crippen LogP contribution in [0.25, 0.3) is 10.6 Å². The van der Waals surface area contributed by atoms with Crippen molar-refractivity contribution < 1.29 is 19.1 Å². The van der Waals surface area contributed by atoms with E-state index in [2.05, 4.69) is 25.7 Å². The average molecular weight is 488 g/mol. The highest BCUT2D eigenvalue weighted by molar-refractivity contribution is 7.19. The van der Waals surface area contributed by atoms with Crippen molar-refractivity contribution in [1.29, 1.82) is 5.26 Å². The second-order valence-electron chi connectivity index (χ2n) is 7.28. The van der Waals surface area contributed by atoms with E-state index in [0.29, 0.717) is 10.0 Å². The van der Waals surface area contributed by atoms with Gasteiger partial charge in [0.1, 0.15) is 10.0 Å². The molecule has 1 saturated heterocycles. The lowest BCUT2D eigenvalue weighted by Gasteiger charge is -2.15. The molecule has 7 N–H and O–H groups in total. The molecule has 1 aliphatic rings. The van der Waals surface area contributed by atoms with Crippen molar-refractivity contribution in [3.63, 3.8) is 0 Å². The molecule has 0 radical (unpaired) electrons. The number of nitrogens with two attached hydrogens (primary N) is 2. The number of carbonyl (C=O) groups excluding carboxylic acids is 3. The summed E-state index contributed by atoms with van der Waals surface area (Å²) in [5.74, 6) is -0.962. The van der Waals surface area contributed by atoms with Crippen molar-refractivity contribution in [2.24, 2.45) is 11.5 Å². The molecule has 0 unspecified atom stereocenters. The van der Waals surface area contributed by atoms with Crippen molar-refractivity contribution >= 4 is 34.2 Å². The van der Waals surface area contributed by atoms with E-state index in [9.17, 15) is 14.4 Å². The lowest BCUT2D eigenvalue weighted by Crippen LogP contribution is -2.41. The fourth-order valence-electron chi connectivity index (χ4n) is 3.06. The Hall–Kier alpha value is -3.53. The second kappa shape index (κ2) is 13.9. The van der Waals surface area contributed by atoms with E-state index in [1.165, 1.54) is 11.3 Å². The molecule has 1 fully saturated rings. The van der Waals surface area contributed by atoms with Crippen molar-refractivity contribution in [3.05, 3.63) is 36.0 Å². The summed E-state index contributed by atoms with van der Waals surface area (Å²) in [5.41, 5.74) is 11.3. The van der Waals surface area contributed by atoms with Crippen molar-refractivity contribution in [2.45, 2.75) is 38.3 Å². The molecule has 2 heterocycles. The highest BCUT2D eigenvalue weighted by atomic mass is 32.1. The number of esters is 1. The van der Waals surface area contributed by atoms with Crippen LogP contribution >= 0.6 is 11.3 Å². The van der Waals surface area contributed by atoms with Crippen LogP contribution in [0.4, 0.5) is 9.80 Å². The Morgan fingerprint density at radius 2 is 2.06 bits per heavy atom. The van der Waals surface area contributed by atoms with Gasteiger partial charge in [0.15, 0.2) is 11.7 Å². The third kappa shape index (κ3) is 8.43. The number of ether oxygens (including phenoxy) is 1. The third-order valence-electron chi connectivity index (χ3n) is 4.66. The van der Waals surface area contributed by atoms with Crippen LogP contribution in [0.15, 0.2) is 30.3 Å². The number of hydrogen-bond acceptors (Lipinski definition) is 9. The number of amides is 3. The minimum Gasteiger partial charge on any atom is -0.464 e. The molecule has 0 bridgehead atoms. The molecule has 0 saturated carbocycles. The summed E-state index contributed by atoms with van der Waals surface area (Å²) >= 11 is 1.24. The number of hydrogen-bond donors (Lipinski definition) is 5. The van der Waals surface area contributed by atoms with Gasteiger partial charge in [-0.3, -0.25) is 10.1 Å². The number of anilines is 1. The molecule has 182 valence electrons. The number of thiazole rings is 1. The first-order valence-electron chi connectivity index (χ1n) is 10.8. The monoisotopic (exact) mass is 487 g/mol. The van der Waals surface area contributed by atoms with Crippen LogP contribution in [0.2, 0.25) is 0 Å². The van der Waals surface area contributed by atoms with Crippen molar-refractivity contribution in [2.75, 3.05) is 25.0 Å². The van der Waals surface area contributed by atoms with Crippen LogP contribution in [0.3, 0.4) is 0 Å². The quantitative estimate of drug-likeness (QED) is 0.380. The van der Waals surface area contributed by atoms with Gasteiger partial charge in [-0.05, 0) is 26.3 Å². The summed E-state index contributed by atoms with van der Waals surface area (Å²) in [6.45, 7) is 3.62. The topological polar surface area (TPSA) is 185 Å². The minimum atomic E-state index is -1.13. The van der Waals surface area contributed by atoms with Gasteiger partial charge in [0, 0.05) is 18.2 Å². The first kappa shape index (κ1) is 26.7. The van der Waals surface area contributed by atoms with Gasteiger partial charge < -0.3 is 26.8 Å². The zero-order valence-electron chi connectivity index (χ0n) is 18.9. The van der Waals surface area contributed by atoms with Gasteiger partial charge >= 0.3 is 12.0 Å². The molecular formula is C22H29N7O4S. The summed E-state index contributed by atoms with van der Waals surface area (Å²) in [4.78, 5) is 38.8. The first-order valence-corrected chi connectivity index (χ1v) is 11.6. The summed E-state index contributed by atoms with van der Waals surface area (Å²) in [6, 6.07) is 9.28. The highest BCUT2D eigenvalue weighted by Crippen LogP contribution is 2.32. The molecular weight excluding hydrogens is 458 g/mol. The number of carbonyl (C=O) groups is 3. The Labute approximate surface area is 201 Å². The maximum absolute atomic E-state index is 12.7. The summed E-state index contributed by atoms with van der Waals surface area (Å²) in [6.07, 6.45) is 3.10. The summed E-state index contributed by atoms with van der Waals surface area (Å²) in [7, 11) is 0. The van der Waals surface area contributed by atoms with Gasteiger partial charge in [-0.25, -0.2) is 14.6 Å². The lowest BCUT2D eigenvalue weighted by atomic mass is 10.1. The third-order valence-corrected chi connectivity index (χ3v) is 5.68. The standard InChI is InChI=1S/C17H21N5O2S.C5H8N2O2/c18-17(24)22-16-13(14(23)20-12-8-4-5-9-19-10-12)21-15(25-16)11-6-2-1-3-7-11;1-2-9-5(8)4(7)3-6/h1-3,6-7,12,19H,4-5,8-10H2,(H,20,23)(H3,18,22,24);4H,2,7H2,1H3/t12-;4-/m00/s1.